The van der Waals surface area contributed by atoms with Crippen LogP contribution in [0.5, 0.6) is 0 Å². The second-order valence-corrected chi connectivity index (χ2v) is 6.25. The number of nitrogens with zero attached hydrogens (tertiary/aromatic N) is 2. The Kier molecular flexibility index (Phi) is 5.64. The summed E-state index contributed by atoms with van der Waals surface area (Å²) in [6.45, 7) is 4.45. The van der Waals surface area contributed by atoms with Crippen LogP contribution in [0.2, 0.25) is 0 Å². The monoisotopic (exact) mass is 290 g/mol. The predicted octanol–water partition coefficient (Wildman–Crippen LogP) is 2.91. The molecule has 4 nitrogen and oxygen atoms in total. The van der Waals surface area contributed by atoms with Gasteiger partial charge >= 0.3 is 0 Å². The average molecular weight is 290 g/mol. The molecule has 0 aliphatic carbocycles. The van der Waals surface area contributed by atoms with Crippen molar-refractivity contribution in [2.24, 2.45) is 5.84 Å². The van der Waals surface area contributed by atoms with Gasteiger partial charge < -0.3 is 0 Å². The van der Waals surface area contributed by atoms with Gasteiger partial charge in [0, 0.05) is 17.2 Å². The highest BCUT2D eigenvalue weighted by atomic mass is 32.2. The number of para-hydroxylation sites is 1. The minimum Gasteiger partial charge on any atom is -0.271 e. The Morgan fingerprint density at radius 2 is 2.05 bits per heavy atom. The molecule has 0 saturated heterocycles. The summed E-state index contributed by atoms with van der Waals surface area (Å²) in [6.07, 6.45) is 2.99. The van der Waals surface area contributed by atoms with Crippen LogP contribution in [0.3, 0.4) is 0 Å². The van der Waals surface area contributed by atoms with E-state index in [4.69, 9.17) is 5.84 Å². The number of hydrogen-bond donors (Lipinski definition) is 2. The molecule has 3 N–H and O–H groups in total. The van der Waals surface area contributed by atoms with Crippen LogP contribution in [0, 0.1) is 0 Å². The summed E-state index contributed by atoms with van der Waals surface area (Å²) in [5.41, 5.74) is 5.06. The Morgan fingerprint density at radius 3 is 2.70 bits per heavy atom. The molecule has 20 heavy (non-hydrogen) atoms. The molecule has 2 aromatic rings. The topological polar surface area (TPSA) is 55.9 Å². The minimum atomic E-state index is 0.0942. The molecule has 0 fully saturated rings. The van der Waals surface area contributed by atoms with Crippen molar-refractivity contribution in [3.05, 3.63) is 48.3 Å². The Balaban J connectivity index is 2.17. The van der Waals surface area contributed by atoms with Crippen molar-refractivity contribution < 1.29 is 0 Å². The largest absolute Gasteiger partial charge is 0.271 e. The molecule has 0 amide bonds. The number of thioether (sulfide) groups is 1. The zero-order valence-electron chi connectivity index (χ0n) is 12.0. The van der Waals surface area contributed by atoms with Gasteiger partial charge in [0.2, 0.25) is 0 Å². The average Bonchev–Trinajstić information content (AvgIpc) is 2.98. The quantitative estimate of drug-likeness (QED) is 0.608. The number of nitrogens with one attached hydrogen (secondary N) is 1. The SMILES string of the molecule is CCC(C)SCC(NN)c1ccnn1-c1ccccc1. The van der Waals surface area contributed by atoms with Crippen molar-refractivity contribution in [1.82, 2.24) is 15.2 Å². The minimum absolute atomic E-state index is 0.0942. The van der Waals surface area contributed by atoms with Gasteiger partial charge in [-0.25, -0.2) is 4.68 Å². The lowest BCUT2D eigenvalue weighted by Crippen LogP contribution is -2.31. The van der Waals surface area contributed by atoms with E-state index in [1.54, 1.807) is 0 Å². The molecule has 1 aromatic heterocycles. The van der Waals surface area contributed by atoms with Crippen molar-refractivity contribution in [2.75, 3.05) is 5.75 Å². The van der Waals surface area contributed by atoms with Crippen LogP contribution in [-0.4, -0.2) is 20.8 Å². The fraction of sp³-hybridized carbons (Fsp3) is 0.400. The van der Waals surface area contributed by atoms with Crippen LogP contribution in [0.1, 0.15) is 32.0 Å². The van der Waals surface area contributed by atoms with E-state index >= 15 is 0 Å². The third kappa shape index (κ3) is 3.62. The van der Waals surface area contributed by atoms with Crippen molar-refractivity contribution in [2.45, 2.75) is 31.6 Å². The first kappa shape index (κ1) is 15.1. The van der Waals surface area contributed by atoms with E-state index in [0.29, 0.717) is 5.25 Å². The second-order valence-electron chi connectivity index (χ2n) is 4.77. The van der Waals surface area contributed by atoms with Crippen molar-refractivity contribution >= 4 is 11.8 Å². The van der Waals surface area contributed by atoms with Crippen molar-refractivity contribution in [3.63, 3.8) is 0 Å². The normalized spacial score (nSPS) is 14.2. The number of hydrazine groups is 1. The Morgan fingerprint density at radius 1 is 1.30 bits per heavy atom. The lowest BCUT2D eigenvalue weighted by Gasteiger charge is -2.19. The Bertz CT molecular complexity index is 512. The van der Waals surface area contributed by atoms with Gasteiger partial charge in [0.25, 0.3) is 0 Å². The number of nitrogens with two attached hydrogens (primary N) is 1. The molecule has 0 saturated carbocycles. The summed E-state index contributed by atoms with van der Waals surface area (Å²) < 4.78 is 1.95. The van der Waals surface area contributed by atoms with Gasteiger partial charge in [-0.1, -0.05) is 32.0 Å². The van der Waals surface area contributed by atoms with Gasteiger partial charge in [-0.2, -0.15) is 16.9 Å². The van der Waals surface area contributed by atoms with Crippen LogP contribution in [-0.2, 0) is 0 Å². The zero-order valence-corrected chi connectivity index (χ0v) is 12.8. The highest BCUT2D eigenvalue weighted by molar-refractivity contribution is 7.99. The van der Waals surface area contributed by atoms with Crippen molar-refractivity contribution in [3.8, 4) is 5.69 Å². The summed E-state index contributed by atoms with van der Waals surface area (Å²) in [5, 5.41) is 5.05. The molecular formula is C15H22N4S. The zero-order chi connectivity index (χ0) is 14.4. The molecular weight excluding hydrogens is 268 g/mol. The molecule has 2 rings (SSSR count). The smallest absolute Gasteiger partial charge is 0.0723 e. The van der Waals surface area contributed by atoms with Gasteiger partial charge in [0.15, 0.2) is 0 Å². The van der Waals surface area contributed by atoms with E-state index in [1.165, 1.54) is 6.42 Å². The van der Waals surface area contributed by atoms with E-state index in [2.05, 4.69) is 24.4 Å². The van der Waals surface area contributed by atoms with Crippen LogP contribution >= 0.6 is 11.8 Å². The van der Waals surface area contributed by atoms with Gasteiger partial charge in [-0.3, -0.25) is 11.3 Å². The lowest BCUT2D eigenvalue weighted by molar-refractivity contribution is 0.573. The van der Waals surface area contributed by atoms with E-state index in [9.17, 15) is 0 Å². The highest BCUT2D eigenvalue weighted by Gasteiger charge is 2.16. The number of rotatable bonds is 7. The molecule has 1 heterocycles. The van der Waals surface area contributed by atoms with Gasteiger partial charge in [0.05, 0.1) is 17.4 Å². The number of benzene rings is 1. The van der Waals surface area contributed by atoms with E-state index < -0.39 is 0 Å². The molecule has 0 bridgehead atoms. The third-order valence-corrected chi connectivity index (χ3v) is 4.78. The first-order valence-corrected chi connectivity index (χ1v) is 7.98. The van der Waals surface area contributed by atoms with Crippen LogP contribution < -0.4 is 11.3 Å². The molecule has 0 aliphatic rings. The maximum atomic E-state index is 5.73. The van der Waals surface area contributed by atoms with Gasteiger partial charge in [-0.15, -0.1) is 0 Å². The maximum absolute atomic E-state index is 5.73. The summed E-state index contributed by atoms with van der Waals surface area (Å²) in [6, 6.07) is 12.2. The second kappa shape index (κ2) is 7.47. The van der Waals surface area contributed by atoms with E-state index in [0.717, 1.165) is 17.1 Å². The lowest BCUT2D eigenvalue weighted by atomic mass is 10.2. The fourth-order valence-electron chi connectivity index (χ4n) is 1.96. The maximum Gasteiger partial charge on any atom is 0.0723 e. The molecule has 0 spiro atoms. The van der Waals surface area contributed by atoms with E-state index in [-0.39, 0.29) is 6.04 Å². The standard InChI is InChI=1S/C15H22N4S/c1-3-12(2)20-11-14(18-16)15-9-10-17-19(15)13-7-5-4-6-8-13/h4-10,12,14,18H,3,11,16H2,1-2H3. The molecule has 1 aromatic carbocycles. The highest BCUT2D eigenvalue weighted by Crippen LogP contribution is 2.23. The van der Waals surface area contributed by atoms with Crippen LogP contribution in [0.4, 0.5) is 0 Å². The molecule has 5 heteroatoms. The van der Waals surface area contributed by atoms with Crippen molar-refractivity contribution in [1.29, 1.82) is 0 Å². The third-order valence-electron chi connectivity index (χ3n) is 3.35. The summed E-state index contributed by atoms with van der Waals surface area (Å²) in [5.74, 6) is 6.67. The molecule has 2 atom stereocenters. The molecule has 108 valence electrons. The van der Waals surface area contributed by atoms with Gasteiger partial charge in [0.1, 0.15) is 0 Å². The first-order valence-electron chi connectivity index (χ1n) is 6.93. The fourth-order valence-corrected chi connectivity index (χ4v) is 2.98. The molecule has 0 radical (unpaired) electrons. The first-order chi connectivity index (χ1) is 9.76. The Hall–Kier alpha value is -1.30. The predicted molar refractivity (Wildman–Crippen MR) is 85.8 cm³/mol. The van der Waals surface area contributed by atoms with Crippen LogP contribution in [0.25, 0.3) is 5.69 Å². The summed E-state index contributed by atoms with van der Waals surface area (Å²) in [7, 11) is 0. The summed E-state index contributed by atoms with van der Waals surface area (Å²) in [4.78, 5) is 0. The number of hydrogen-bond acceptors (Lipinski definition) is 4. The number of aromatic nitrogens is 2. The van der Waals surface area contributed by atoms with E-state index in [1.807, 2.05) is 59.0 Å². The molecule has 2 unspecified atom stereocenters. The summed E-state index contributed by atoms with van der Waals surface area (Å²) >= 11 is 1.93. The Labute approximate surface area is 124 Å². The molecule has 0 aliphatic heterocycles. The van der Waals surface area contributed by atoms with Crippen LogP contribution in [0.15, 0.2) is 42.6 Å². The van der Waals surface area contributed by atoms with Gasteiger partial charge in [-0.05, 0) is 24.6 Å².